The van der Waals surface area contributed by atoms with E-state index in [2.05, 4.69) is 27.0 Å². The minimum absolute atomic E-state index is 0.0474. The SMILES string of the molecule is N#CC1(Cc2ccc(Br)cn2)CCS(=O)(=O)C1. The molecule has 1 saturated heterocycles. The van der Waals surface area contributed by atoms with E-state index in [0.717, 1.165) is 10.2 Å². The van der Waals surface area contributed by atoms with Crippen LogP contribution in [-0.4, -0.2) is 24.9 Å². The standard InChI is InChI=1S/C11H11BrN2O2S/c12-9-1-2-10(14-6-9)5-11(7-13)3-4-17(15,16)8-11/h1-2,6H,3-5,8H2. The van der Waals surface area contributed by atoms with E-state index in [1.807, 2.05) is 12.1 Å². The number of hydrogen-bond donors (Lipinski definition) is 0. The average Bonchev–Trinajstić information content (AvgIpc) is 2.59. The highest BCUT2D eigenvalue weighted by molar-refractivity contribution is 9.10. The number of nitrogens with zero attached hydrogens (tertiary/aromatic N) is 2. The monoisotopic (exact) mass is 314 g/mol. The van der Waals surface area contributed by atoms with Crippen LogP contribution in [0.5, 0.6) is 0 Å². The first-order valence-electron chi connectivity index (χ1n) is 5.17. The van der Waals surface area contributed by atoms with E-state index in [1.54, 1.807) is 6.20 Å². The van der Waals surface area contributed by atoms with Gasteiger partial charge in [-0.3, -0.25) is 4.98 Å². The summed E-state index contributed by atoms with van der Waals surface area (Å²) in [5, 5.41) is 9.21. The van der Waals surface area contributed by atoms with Gasteiger partial charge in [-0.15, -0.1) is 0 Å². The molecule has 0 saturated carbocycles. The summed E-state index contributed by atoms with van der Waals surface area (Å²) < 4.78 is 23.8. The summed E-state index contributed by atoms with van der Waals surface area (Å²) in [6.07, 6.45) is 2.46. The lowest BCUT2D eigenvalue weighted by Gasteiger charge is -2.17. The van der Waals surface area contributed by atoms with Gasteiger partial charge in [0.1, 0.15) is 0 Å². The molecular weight excluding hydrogens is 304 g/mol. The van der Waals surface area contributed by atoms with Gasteiger partial charge in [0.05, 0.1) is 23.0 Å². The molecule has 0 aliphatic carbocycles. The van der Waals surface area contributed by atoms with Crippen LogP contribution in [0.1, 0.15) is 12.1 Å². The predicted molar refractivity (Wildman–Crippen MR) is 67.0 cm³/mol. The Balaban J connectivity index is 2.22. The van der Waals surface area contributed by atoms with Gasteiger partial charge in [-0.25, -0.2) is 8.42 Å². The predicted octanol–water partition coefficient (Wildman–Crippen LogP) is 1.72. The highest BCUT2D eigenvalue weighted by Crippen LogP contribution is 2.34. The van der Waals surface area contributed by atoms with Crippen molar-refractivity contribution in [2.24, 2.45) is 5.41 Å². The van der Waals surface area contributed by atoms with E-state index in [9.17, 15) is 13.7 Å². The zero-order valence-electron chi connectivity index (χ0n) is 9.06. The number of hydrogen-bond acceptors (Lipinski definition) is 4. The van der Waals surface area contributed by atoms with Gasteiger partial charge in [-0.1, -0.05) is 0 Å². The van der Waals surface area contributed by atoms with Crippen molar-refractivity contribution in [3.8, 4) is 6.07 Å². The third kappa shape index (κ3) is 2.85. The Morgan fingerprint density at radius 2 is 2.29 bits per heavy atom. The molecule has 2 heterocycles. The van der Waals surface area contributed by atoms with E-state index in [-0.39, 0.29) is 11.5 Å². The van der Waals surface area contributed by atoms with E-state index in [1.165, 1.54) is 0 Å². The lowest BCUT2D eigenvalue weighted by molar-refractivity contribution is 0.446. The largest absolute Gasteiger partial charge is 0.260 e. The minimum atomic E-state index is -3.05. The van der Waals surface area contributed by atoms with Gasteiger partial charge in [0, 0.05) is 22.8 Å². The zero-order chi connectivity index (χ0) is 12.5. The van der Waals surface area contributed by atoms with Crippen LogP contribution in [-0.2, 0) is 16.3 Å². The number of pyridine rings is 1. The van der Waals surface area contributed by atoms with E-state index < -0.39 is 15.3 Å². The summed E-state index contributed by atoms with van der Waals surface area (Å²) in [5.41, 5.74) is -0.0357. The second-order valence-electron chi connectivity index (χ2n) is 4.38. The molecule has 1 unspecified atom stereocenters. The molecule has 1 fully saturated rings. The van der Waals surface area contributed by atoms with Crippen LogP contribution in [0.2, 0.25) is 0 Å². The molecule has 0 spiro atoms. The normalized spacial score (nSPS) is 26.6. The molecule has 17 heavy (non-hydrogen) atoms. The lowest BCUT2D eigenvalue weighted by Crippen LogP contribution is -2.23. The first-order chi connectivity index (χ1) is 7.95. The van der Waals surface area contributed by atoms with Crippen LogP contribution in [0.3, 0.4) is 0 Å². The second-order valence-corrected chi connectivity index (χ2v) is 7.48. The van der Waals surface area contributed by atoms with Crippen LogP contribution < -0.4 is 0 Å². The summed E-state index contributed by atoms with van der Waals surface area (Å²) in [5.74, 6) is 0.0608. The third-order valence-electron chi connectivity index (χ3n) is 2.93. The maximum atomic E-state index is 11.5. The van der Waals surface area contributed by atoms with Gasteiger partial charge in [-0.05, 0) is 34.5 Å². The third-order valence-corrected chi connectivity index (χ3v) is 5.22. The van der Waals surface area contributed by atoms with Crippen molar-refractivity contribution >= 4 is 25.8 Å². The Hall–Kier alpha value is -0.930. The Bertz CT molecular complexity index is 562. The average molecular weight is 315 g/mol. The summed E-state index contributed by atoms with van der Waals surface area (Å²) in [7, 11) is -3.05. The Morgan fingerprint density at radius 3 is 2.76 bits per heavy atom. The first-order valence-corrected chi connectivity index (χ1v) is 7.78. The fraction of sp³-hybridized carbons (Fsp3) is 0.455. The number of aromatic nitrogens is 1. The van der Waals surface area contributed by atoms with Gasteiger partial charge >= 0.3 is 0 Å². The number of sulfone groups is 1. The molecule has 0 N–H and O–H groups in total. The van der Waals surface area contributed by atoms with Crippen LogP contribution in [0.25, 0.3) is 0 Å². The molecule has 0 radical (unpaired) electrons. The quantitative estimate of drug-likeness (QED) is 0.833. The highest BCUT2D eigenvalue weighted by atomic mass is 79.9. The van der Waals surface area contributed by atoms with Crippen molar-refractivity contribution in [1.82, 2.24) is 4.98 Å². The maximum Gasteiger partial charge on any atom is 0.151 e. The van der Waals surface area contributed by atoms with Crippen molar-refractivity contribution < 1.29 is 8.42 Å². The van der Waals surface area contributed by atoms with Gasteiger partial charge in [-0.2, -0.15) is 5.26 Å². The summed E-state index contributed by atoms with van der Waals surface area (Å²) in [6.45, 7) is 0. The van der Waals surface area contributed by atoms with Gasteiger partial charge in [0.2, 0.25) is 0 Å². The summed E-state index contributed by atoms with van der Waals surface area (Å²) in [6, 6.07) is 5.82. The van der Waals surface area contributed by atoms with E-state index in [4.69, 9.17) is 0 Å². The molecular formula is C11H11BrN2O2S. The summed E-state index contributed by atoms with van der Waals surface area (Å²) in [4.78, 5) is 4.19. The fourth-order valence-corrected chi connectivity index (χ4v) is 4.27. The molecule has 4 nitrogen and oxygen atoms in total. The van der Waals surface area contributed by atoms with Crippen molar-refractivity contribution in [2.75, 3.05) is 11.5 Å². The van der Waals surface area contributed by atoms with E-state index in [0.29, 0.717) is 12.8 Å². The minimum Gasteiger partial charge on any atom is -0.260 e. The molecule has 1 aliphatic rings. The molecule has 2 rings (SSSR count). The Labute approximate surface area is 109 Å². The van der Waals surface area contributed by atoms with Crippen molar-refractivity contribution in [1.29, 1.82) is 5.26 Å². The van der Waals surface area contributed by atoms with Crippen LogP contribution in [0.15, 0.2) is 22.8 Å². The Morgan fingerprint density at radius 1 is 1.53 bits per heavy atom. The second kappa shape index (κ2) is 4.39. The van der Waals surface area contributed by atoms with E-state index >= 15 is 0 Å². The van der Waals surface area contributed by atoms with Gasteiger partial charge in [0.25, 0.3) is 0 Å². The number of nitriles is 1. The number of halogens is 1. The van der Waals surface area contributed by atoms with Crippen molar-refractivity contribution in [2.45, 2.75) is 12.8 Å². The van der Waals surface area contributed by atoms with Crippen LogP contribution in [0.4, 0.5) is 0 Å². The summed E-state index contributed by atoms with van der Waals surface area (Å²) >= 11 is 3.28. The van der Waals surface area contributed by atoms with Crippen LogP contribution in [0, 0.1) is 16.7 Å². The molecule has 1 atom stereocenters. The molecule has 0 aromatic carbocycles. The van der Waals surface area contributed by atoms with Crippen molar-refractivity contribution in [3.63, 3.8) is 0 Å². The molecule has 1 aromatic rings. The maximum absolute atomic E-state index is 11.5. The van der Waals surface area contributed by atoms with Gasteiger partial charge < -0.3 is 0 Å². The molecule has 0 bridgehead atoms. The topological polar surface area (TPSA) is 70.8 Å². The molecule has 1 aliphatic heterocycles. The smallest absolute Gasteiger partial charge is 0.151 e. The Kier molecular flexibility index (Phi) is 3.23. The number of rotatable bonds is 2. The molecule has 0 amide bonds. The highest BCUT2D eigenvalue weighted by Gasteiger charge is 2.42. The molecule has 6 heteroatoms. The molecule has 90 valence electrons. The molecule has 1 aromatic heterocycles. The zero-order valence-corrected chi connectivity index (χ0v) is 11.5. The van der Waals surface area contributed by atoms with Crippen molar-refractivity contribution in [3.05, 3.63) is 28.5 Å². The first kappa shape index (κ1) is 12.5. The van der Waals surface area contributed by atoms with Crippen LogP contribution >= 0.6 is 15.9 Å². The fourth-order valence-electron chi connectivity index (χ4n) is 2.04. The lowest BCUT2D eigenvalue weighted by atomic mass is 9.84. The van der Waals surface area contributed by atoms with Gasteiger partial charge in [0.15, 0.2) is 9.84 Å².